The van der Waals surface area contributed by atoms with Crippen LogP contribution in [0.2, 0.25) is 5.02 Å². The van der Waals surface area contributed by atoms with Crippen LogP contribution in [0.4, 0.5) is 0 Å². The number of aryl methyl sites for hydroxylation is 2. The van der Waals surface area contributed by atoms with Crippen molar-refractivity contribution in [1.29, 1.82) is 0 Å². The third-order valence-corrected chi connectivity index (χ3v) is 4.57. The van der Waals surface area contributed by atoms with Gasteiger partial charge in [-0.05, 0) is 31.0 Å². The zero-order valence-corrected chi connectivity index (χ0v) is 13.7. The second-order valence-corrected chi connectivity index (χ2v) is 5.88. The van der Waals surface area contributed by atoms with Gasteiger partial charge in [-0.25, -0.2) is 0 Å². The lowest BCUT2D eigenvalue weighted by Crippen LogP contribution is -2.02. The van der Waals surface area contributed by atoms with Gasteiger partial charge < -0.3 is 4.74 Å². The molecule has 0 fully saturated rings. The van der Waals surface area contributed by atoms with Crippen molar-refractivity contribution in [1.82, 2.24) is 9.78 Å². The molecule has 0 unspecified atom stereocenters. The predicted molar refractivity (Wildman–Crippen MR) is 87.4 cm³/mol. The molecule has 4 nitrogen and oxygen atoms in total. The van der Waals surface area contributed by atoms with Crippen LogP contribution in [0.15, 0.2) is 23.8 Å². The van der Waals surface area contributed by atoms with E-state index in [0.717, 1.165) is 28.8 Å². The molecule has 22 heavy (non-hydrogen) atoms. The minimum Gasteiger partial charge on any atom is -0.497 e. The van der Waals surface area contributed by atoms with Crippen LogP contribution in [0, 0.1) is 0 Å². The summed E-state index contributed by atoms with van der Waals surface area (Å²) in [6.07, 6.45) is 2.13. The average molecular weight is 337 g/mol. The summed E-state index contributed by atoms with van der Waals surface area (Å²) in [6, 6.07) is 5.46. The zero-order chi connectivity index (χ0) is 15.9. The van der Waals surface area contributed by atoms with Gasteiger partial charge in [0.1, 0.15) is 12.0 Å². The Morgan fingerprint density at radius 1 is 1.32 bits per heavy atom. The number of nitrogens with zero attached hydrogens (tertiary/aromatic N) is 2. The standard InChI is InChI=1S/C16H14Cl2N2O2/c1-20-16(11-5-4-10(22-2)7-12(11)17)14-13(19-20)6-3-9(8-21)15(14)18/h4-5,7-8H,3,6H2,1-2H3. The molecule has 0 amide bonds. The number of aldehydes is 1. The molecule has 3 rings (SSSR count). The second kappa shape index (κ2) is 5.78. The number of allylic oxidation sites excluding steroid dienone is 1. The largest absolute Gasteiger partial charge is 0.497 e. The van der Waals surface area contributed by atoms with Gasteiger partial charge in [-0.3, -0.25) is 9.48 Å². The van der Waals surface area contributed by atoms with Gasteiger partial charge in [0.15, 0.2) is 0 Å². The van der Waals surface area contributed by atoms with Gasteiger partial charge in [0, 0.05) is 23.7 Å². The SMILES string of the molecule is COc1ccc(-c2c3c(nn2C)CCC(C=O)=C3Cl)c(Cl)c1. The summed E-state index contributed by atoms with van der Waals surface area (Å²) in [7, 11) is 3.44. The number of carbonyl (C=O) groups excluding carboxylic acids is 1. The van der Waals surface area contributed by atoms with E-state index in [1.807, 2.05) is 19.2 Å². The fraction of sp³-hybridized carbons (Fsp3) is 0.250. The van der Waals surface area contributed by atoms with Gasteiger partial charge in [0.2, 0.25) is 0 Å². The summed E-state index contributed by atoms with van der Waals surface area (Å²) >= 11 is 12.8. The molecule has 6 heteroatoms. The molecule has 114 valence electrons. The number of benzene rings is 1. The number of aromatic nitrogens is 2. The number of rotatable bonds is 3. The number of hydrogen-bond donors (Lipinski definition) is 0. The van der Waals surface area contributed by atoms with Crippen molar-refractivity contribution in [3.8, 4) is 17.0 Å². The monoisotopic (exact) mass is 336 g/mol. The molecule has 1 heterocycles. The summed E-state index contributed by atoms with van der Waals surface area (Å²) < 4.78 is 6.94. The van der Waals surface area contributed by atoms with Crippen molar-refractivity contribution in [3.05, 3.63) is 40.1 Å². The van der Waals surface area contributed by atoms with Crippen LogP contribution in [0.3, 0.4) is 0 Å². The summed E-state index contributed by atoms with van der Waals surface area (Å²) in [4.78, 5) is 11.2. The Bertz CT molecular complexity index is 794. The van der Waals surface area contributed by atoms with Crippen molar-refractivity contribution in [2.75, 3.05) is 7.11 Å². The molecule has 0 N–H and O–H groups in total. The fourth-order valence-electron chi connectivity index (χ4n) is 2.74. The molecule has 1 aliphatic rings. The quantitative estimate of drug-likeness (QED) is 0.799. The minimum atomic E-state index is 0.464. The highest BCUT2D eigenvalue weighted by Crippen LogP contribution is 2.42. The van der Waals surface area contributed by atoms with Crippen LogP contribution in [0.25, 0.3) is 16.3 Å². The van der Waals surface area contributed by atoms with E-state index >= 15 is 0 Å². The van der Waals surface area contributed by atoms with Crippen LogP contribution in [-0.2, 0) is 18.3 Å². The second-order valence-electron chi connectivity index (χ2n) is 5.10. The van der Waals surface area contributed by atoms with Gasteiger partial charge in [-0.2, -0.15) is 5.10 Å². The highest BCUT2D eigenvalue weighted by atomic mass is 35.5. The van der Waals surface area contributed by atoms with Gasteiger partial charge in [0.05, 0.1) is 28.6 Å². The number of halogens is 2. The van der Waals surface area contributed by atoms with E-state index in [2.05, 4.69) is 5.10 Å². The third kappa shape index (κ3) is 2.32. The normalized spacial score (nSPS) is 14.0. The molecule has 0 aliphatic heterocycles. The van der Waals surface area contributed by atoms with E-state index in [0.29, 0.717) is 34.2 Å². The number of ether oxygens (including phenoxy) is 1. The van der Waals surface area contributed by atoms with E-state index in [4.69, 9.17) is 27.9 Å². The van der Waals surface area contributed by atoms with Crippen molar-refractivity contribution >= 4 is 34.5 Å². The Morgan fingerprint density at radius 2 is 2.09 bits per heavy atom. The molecule has 1 aromatic heterocycles. The fourth-order valence-corrected chi connectivity index (χ4v) is 3.34. The lowest BCUT2D eigenvalue weighted by Gasteiger charge is -2.14. The molecule has 0 saturated carbocycles. The van der Waals surface area contributed by atoms with Gasteiger partial charge >= 0.3 is 0 Å². The Morgan fingerprint density at radius 3 is 2.73 bits per heavy atom. The summed E-state index contributed by atoms with van der Waals surface area (Å²) in [5.41, 5.74) is 3.91. The molecule has 0 bridgehead atoms. The van der Waals surface area contributed by atoms with Gasteiger partial charge in [-0.15, -0.1) is 0 Å². The number of methoxy groups -OCH3 is 1. The van der Waals surface area contributed by atoms with Crippen molar-refractivity contribution in [3.63, 3.8) is 0 Å². The van der Waals surface area contributed by atoms with Crippen LogP contribution in [0.1, 0.15) is 17.7 Å². The van der Waals surface area contributed by atoms with Crippen molar-refractivity contribution < 1.29 is 9.53 Å². The third-order valence-electron chi connectivity index (χ3n) is 3.83. The number of carbonyl (C=O) groups is 1. The van der Waals surface area contributed by atoms with Crippen LogP contribution in [-0.4, -0.2) is 23.2 Å². The molecule has 0 spiro atoms. The Labute approximate surface area is 138 Å². The van der Waals surface area contributed by atoms with Crippen LogP contribution in [0.5, 0.6) is 5.75 Å². The maximum absolute atomic E-state index is 11.2. The van der Waals surface area contributed by atoms with Crippen molar-refractivity contribution in [2.45, 2.75) is 12.8 Å². The molecular weight excluding hydrogens is 323 g/mol. The van der Waals surface area contributed by atoms with Crippen molar-refractivity contribution in [2.24, 2.45) is 7.05 Å². The highest BCUT2D eigenvalue weighted by Gasteiger charge is 2.27. The van der Waals surface area contributed by atoms with E-state index in [1.54, 1.807) is 17.9 Å². The first kappa shape index (κ1) is 15.1. The predicted octanol–water partition coefficient (Wildman–Crippen LogP) is 3.84. The molecule has 0 atom stereocenters. The van der Waals surface area contributed by atoms with E-state index in [9.17, 15) is 4.79 Å². The van der Waals surface area contributed by atoms with E-state index < -0.39 is 0 Å². The zero-order valence-electron chi connectivity index (χ0n) is 12.2. The smallest absolute Gasteiger partial charge is 0.147 e. The molecular formula is C16H14Cl2N2O2. The summed E-state index contributed by atoms with van der Waals surface area (Å²) in [5, 5.41) is 5.54. The molecule has 1 aliphatic carbocycles. The maximum Gasteiger partial charge on any atom is 0.147 e. The average Bonchev–Trinajstić information content (AvgIpc) is 2.84. The first-order valence-corrected chi connectivity index (χ1v) is 7.56. The Kier molecular flexibility index (Phi) is 3.98. The summed E-state index contributed by atoms with van der Waals surface area (Å²) in [5.74, 6) is 0.681. The maximum atomic E-state index is 11.2. The van der Waals surface area contributed by atoms with Crippen LogP contribution >= 0.6 is 23.2 Å². The minimum absolute atomic E-state index is 0.464. The van der Waals surface area contributed by atoms with Crippen LogP contribution < -0.4 is 4.74 Å². The van der Waals surface area contributed by atoms with E-state index in [1.165, 1.54) is 0 Å². The topological polar surface area (TPSA) is 44.1 Å². The van der Waals surface area contributed by atoms with Gasteiger partial charge in [0.25, 0.3) is 0 Å². The molecule has 1 aromatic carbocycles. The first-order valence-electron chi connectivity index (χ1n) is 6.80. The number of hydrogen-bond acceptors (Lipinski definition) is 3. The first-order chi connectivity index (χ1) is 10.6. The molecule has 0 saturated heterocycles. The lowest BCUT2D eigenvalue weighted by molar-refractivity contribution is -0.105. The highest BCUT2D eigenvalue weighted by molar-refractivity contribution is 6.51. The number of fused-ring (bicyclic) bond motifs is 1. The molecule has 0 radical (unpaired) electrons. The lowest BCUT2D eigenvalue weighted by atomic mass is 9.94. The molecule has 2 aromatic rings. The van der Waals surface area contributed by atoms with Gasteiger partial charge in [-0.1, -0.05) is 23.2 Å². The summed E-state index contributed by atoms with van der Waals surface area (Å²) in [6.45, 7) is 0. The Balaban J connectivity index is 2.24. The van der Waals surface area contributed by atoms with E-state index in [-0.39, 0.29) is 0 Å². The Hall–Kier alpha value is -1.78.